The Bertz CT molecular complexity index is 501. The molecule has 0 bridgehead atoms. The van der Waals surface area contributed by atoms with Crippen molar-refractivity contribution < 1.29 is 5.11 Å². The highest BCUT2D eigenvalue weighted by Gasteiger charge is 2.29. The third-order valence-corrected chi connectivity index (χ3v) is 4.40. The predicted molar refractivity (Wildman–Crippen MR) is 75.2 cm³/mol. The smallest absolute Gasteiger partial charge is 0.199 e. The number of hydrogen-bond donors (Lipinski definition) is 1. The molecule has 1 aromatic rings. The van der Waals surface area contributed by atoms with Crippen molar-refractivity contribution in [3.63, 3.8) is 0 Å². The molecule has 0 aliphatic heterocycles. The fourth-order valence-corrected chi connectivity index (χ4v) is 2.86. The Morgan fingerprint density at radius 1 is 1.37 bits per heavy atom. The molecule has 2 aliphatic rings. The van der Waals surface area contributed by atoms with Crippen LogP contribution in [0.2, 0.25) is 0 Å². The zero-order chi connectivity index (χ0) is 13.4. The van der Waals surface area contributed by atoms with Gasteiger partial charge in [-0.2, -0.15) is 5.10 Å². The molecular formula is C13H22N4OS. The second-order valence-corrected chi connectivity index (χ2v) is 6.08. The van der Waals surface area contributed by atoms with Crippen LogP contribution in [-0.2, 0) is 13.3 Å². The molecule has 5 nitrogen and oxygen atoms in total. The van der Waals surface area contributed by atoms with E-state index in [2.05, 4.69) is 16.9 Å². The third-order valence-electron chi connectivity index (χ3n) is 3.99. The van der Waals surface area contributed by atoms with Gasteiger partial charge in [-0.3, -0.25) is 9.47 Å². The summed E-state index contributed by atoms with van der Waals surface area (Å²) in [5.41, 5.74) is 0. The SMILES string of the molecule is CCN(CC1CC1)Cn1nc(CO)n(C2CC2)c1=S. The fraction of sp³-hybridized carbons (Fsp3) is 0.846. The van der Waals surface area contributed by atoms with Crippen LogP contribution in [-0.4, -0.2) is 37.4 Å². The maximum Gasteiger partial charge on any atom is 0.199 e. The molecule has 3 rings (SSSR count). The Kier molecular flexibility index (Phi) is 3.73. The van der Waals surface area contributed by atoms with Gasteiger partial charge in [0.15, 0.2) is 10.6 Å². The highest BCUT2D eigenvalue weighted by molar-refractivity contribution is 7.71. The summed E-state index contributed by atoms with van der Waals surface area (Å²) in [6.45, 7) is 5.06. The molecule has 2 fully saturated rings. The summed E-state index contributed by atoms with van der Waals surface area (Å²) < 4.78 is 4.69. The zero-order valence-electron chi connectivity index (χ0n) is 11.5. The molecule has 1 heterocycles. The van der Waals surface area contributed by atoms with Gasteiger partial charge in [-0.25, -0.2) is 4.68 Å². The van der Waals surface area contributed by atoms with Crippen molar-refractivity contribution in [3.05, 3.63) is 10.6 Å². The van der Waals surface area contributed by atoms with Crippen LogP contribution in [0.3, 0.4) is 0 Å². The van der Waals surface area contributed by atoms with E-state index >= 15 is 0 Å². The minimum atomic E-state index is -0.0259. The summed E-state index contributed by atoms with van der Waals surface area (Å²) in [5, 5.41) is 13.9. The molecule has 0 radical (unpaired) electrons. The molecular weight excluding hydrogens is 260 g/mol. The van der Waals surface area contributed by atoms with Crippen molar-refractivity contribution >= 4 is 12.2 Å². The van der Waals surface area contributed by atoms with Gasteiger partial charge in [-0.05, 0) is 50.4 Å². The van der Waals surface area contributed by atoms with E-state index in [4.69, 9.17) is 12.2 Å². The Morgan fingerprint density at radius 3 is 2.63 bits per heavy atom. The van der Waals surface area contributed by atoms with Crippen molar-refractivity contribution in [2.24, 2.45) is 5.92 Å². The normalized spacial score (nSPS) is 19.3. The standard InChI is InChI=1S/C13H22N4OS/c1-2-15(7-10-3-4-10)9-16-13(19)17(11-5-6-11)12(8-18)14-16/h10-11,18H,2-9H2,1H3. The molecule has 2 saturated carbocycles. The van der Waals surface area contributed by atoms with Crippen molar-refractivity contribution in [1.29, 1.82) is 0 Å². The van der Waals surface area contributed by atoms with E-state index in [0.717, 1.165) is 49.1 Å². The highest BCUT2D eigenvalue weighted by Crippen LogP contribution is 2.36. The van der Waals surface area contributed by atoms with Gasteiger partial charge >= 0.3 is 0 Å². The fourth-order valence-electron chi connectivity index (χ4n) is 2.51. The monoisotopic (exact) mass is 282 g/mol. The topological polar surface area (TPSA) is 46.2 Å². The van der Waals surface area contributed by atoms with Crippen LogP contribution in [0.15, 0.2) is 0 Å². The van der Waals surface area contributed by atoms with Crippen LogP contribution in [0.1, 0.15) is 44.5 Å². The van der Waals surface area contributed by atoms with E-state index < -0.39 is 0 Å². The number of nitrogens with zero attached hydrogens (tertiary/aromatic N) is 4. The number of hydrogen-bond acceptors (Lipinski definition) is 4. The summed E-state index contributed by atoms with van der Waals surface area (Å²) in [7, 11) is 0. The molecule has 0 amide bonds. The first-order valence-electron chi connectivity index (χ1n) is 7.24. The molecule has 1 aromatic heterocycles. The first-order chi connectivity index (χ1) is 9.22. The molecule has 0 saturated heterocycles. The lowest BCUT2D eigenvalue weighted by molar-refractivity contribution is 0.205. The van der Waals surface area contributed by atoms with Gasteiger partial charge in [-0.15, -0.1) is 0 Å². The van der Waals surface area contributed by atoms with E-state index in [-0.39, 0.29) is 6.61 Å². The maximum absolute atomic E-state index is 9.42. The lowest BCUT2D eigenvalue weighted by atomic mass is 10.4. The first kappa shape index (κ1) is 13.3. The minimum absolute atomic E-state index is 0.0259. The molecule has 106 valence electrons. The van der Waals surface area contributed by atoms with Crippen molar-refractivity contribution in [2.45, 2.75) is 51.9 Å². The average Bonchev–Trinajstić information content (AvgIpc) is 3.30. The van der Waals surface area contributed by atoms with Gasteiger partial charge in [-0.1, -0.05) is 6.92 Å². The Morgan fingerprint density at radius 2 is 2.11 bits per heavy atom. The van der Waals surface area contributed by atoms with Gasteiger partial charge < -0.3 is 5.11 Å². The molecule has 6 heteroatoms. The minimum Gasteiger partial charge on any atom is -0.388 e. The highest BCUT2D eigenvalue weighted by atomic mass is 32.1. The van der Waals surface area contributed by atoms with Crippen molar-refractivity contribution in [1.82, 2.24) is 19.2 Å². The van der Waals surface area contributed by atoms with Crippen LogP contribution in [0, 0.1) is 10.7 Å². The van der Waals surface area contributed by atoms with Crippen LogP contribution in [0.25, 0.3) is 0 Å². The van der Waals surface area contributed by atoms with Crippen LogP contribution < -0.4 is 0 Å². The van der Waals surface area contributed by atoms with Gasteiger partial charge in [0.2, 0.25) is 0 Å². The Balaban J connectivity index is 1.77. The molecule has 0 atom stereocenters. The zero-order valence-corrected chi connectivity index (χ0v) is 12.3. The van der Waals surface area contributed by atoms with E-state index in [1.165, 1.54) is 12.8 Å². The van der Waals surface area contributed by atoms with Crippen LogP contribution in [0.4, 0.5) is 0 Å². The van der Waals surface area contributed by atoms with Gasteiger partial charge in [0.1, 0.15) is 6.61 Å². The number of aromatic nitrogens is 3. The summed E-state index contributed by atoms with van der Waals surface area (Å²) in [4.78, 5) is 2.39. The quantitative estimate of drug-likeness (QED) is 0.776. The number of rotatable bonds is 7. The van der Waals surface area contributed by atoms with Gasteiger partial charge in [0.05, 0.1) is 6.67 Å². The lowest BCUT2D eigenvalue weighted by Gasteiger charge is -2.19. The molecule has 2 aliphatic carbocycles. The second-order valence-electron chi connectivity index (χ2n) is 5.71. The lowest BCUT2D eigenvalue weighted by Crippen LogP contribution is -2.29. The van der Waals surface area contributed by atoms with Crippen molar-refractivity contribution in [3.8, 4) is 0 Å². The molecule has 0 spiro atoms. The van der Waals surface area contributed by atoms with Gasteiger partial charge in [0, 0.05) is 12.6 Å². The third kappa shape index (κ3) is 2.90. The largest absolute Gasteiger partial charge is 0.388 e. The molecule has 19 heavy (non-hydrogen) atoms. The summed E-state index contributed by atoms with van der Waals surface area (Å²) in [6, 6.07) is 0.474. The molecule has 0 unspecified atom stereocenters. The first-order valence-corrected chi connectivity index (χ1v) is 7.65. The maximum atomic E-state index is 9.42. The van der Waals surface area contributed by atoms with Crippen LogP contribution in [0.5, 0.6) is 0 Å². The number of aliphatic hydroxyl groups is 1. The Labute approximate surface area is 118 Å². The summed E-state index contributed by atoms with van der Waals surface area (Å²) >= 11 is 5.52. The van der Waals surface area contributed by atoms with Gasteiger partial charge in [0.25, 0.3) is 0 Å². The summed E-state index contributed by atoms with van der Waals surface area (Å²) in [6.07, 6.45) is 5.04. The van der Waals surface area contributed by atoms with E-state index in [9.17, 15) is 5.11 Å². The van der Waals surface area contributed by atoms with Crippen molar-refractivity contribution in [2.75, 3.05) is 13.1 Å². The van der Waals surface area contributed by atoms with E-state index in [1.54, 1.807) is 0 Å². The average molecular weight is 282 g/mol. The van der Waals surface area contributed by atoms with E-state index in [1.807, 2.05) is 9.25 Å². The molecule has 1 N–H and O–H groups in total. The predicted octanol–water partition coefficient (Wildman–Crippen LogP) is 1.93. The second kappa shape index (κ2) is 5.34. The number of aliphatic hydroxyl groups excluding tert-OH is 1. The van der Waals surface area contributed by atoms with Crippen LogP contribution >= 0.6 is 12.2 Å². The summed E-state index contributed by atoms with van der Waals surface area (Å²) in [5.74, 6) is 1.59. The van der Waals surface area contributed by atoms with E-state index in [0.29, 0.717) is 6.04 Å². The molecule has 0 aromatic carbocycles. The Hall–Kier alpha value is -0.720.